The van der Waals surface area contributed by atoms with Gasteiger partial charge in [0, 0.05) is 32.2 Å². The predicted molar refractivity (Wildman–Crippen MR) is 70.3 cm³/mol. The van der Waals surface area contributed by atoms with Crippen LogP contribution in [-0.4, -0.2) is 67.2 Å². The van der Waals surface area contributed by atoms with Crippen LogP contribution in [0.15, 0.2) is 0 Å². The average molecular weight is 255 g/mol. The first kappa shape index (κ1) is 13.8. The van der Waals surface area contributed by atoms with Crippen LogP contribution in [0.1, 0.15) is 26.2 Å². The molecular formula is C13H25N3O2. The number of amides is 1. The molecule has 5 nitrogen and oxygen atoms in total. The molecule has 1 amide bonds. The van der Waals surface area contributed by atoms with Gasteiger partial charge in [0.2, 0.25) is 0 Å². The summed E-state index contributed by atoms with van der Waals surface area (Å²) in [7, 11) is 0. The fraction of sp³-hybridized carbons (Fsp3) is 0.923. The molecule has 0 spiro atoms. The number of nitrogens with two attached hydrogens (primary N) is 1. The summed E-state index contributed by atoms with van der Waals surface area (Å²) in [5.74, 6) is 0.142. The summed E-state index contributed by atoms with van der Waals surface area (Å²) < 4.78 is 5.64. The molecule has 2 aliphatic rings. The molecule has 5 heteroatoms. The number of carbonyl (C=O) groups excluding carboxylic acids is 1. The molecule has 18 heavy (non-hydrogen) atoms. The summed E-state index contributed by atoms with van der Waals surface area (Å²) in [6, 6.07) is 0.215. The van der Waals surface area contributed by atoms with E-state index in [0.29, 0.717) is 13.2 Å². The Morgan fingerprint density at radius 2 is 2.22 bits per heavy atom. The quantitative estimate of drug-likeness (QED) is 0.774. The summed E-state index contributed by atoms with van der Waals surface area (Å²) in [6.07, 6.45) is 3.02. The zero-order valence-corrected chi connectivity index (χ0v) is 11.3. The van der Waals surface area contributed by atoms with Gasteiger partial charge in [0.1, 0.15) is 6.10 Å². The number of rotatable bonds is 3. The van der Waals surface area contributed by atoms with E-state index in [9.17, 15) is 4.79 Å². The highest BCUT2D eigenvalue weighted by atomic mass is 16.5. The highest BCUT2D eigenvalue weighted by Gasteiger charge is 2.33. The molecule has 0 radical (unpaired) electrons. The minimum Gasteiger partial charge on any atom is -0.366 e. The summed E-state index contributed by atoms with van der Waals surface area (Å²) >= 11 is 0. The van der Waals surface area contributed by atoms with Crippen LogP contribution in [0.4, 0.5) is 0 Å². The molecular weight excluding hydrogens is 230 g/mol. The topological polar surface area (TPSA) is 58.8 Å². The minimum absolute atomic E-state index is 0.142. The van der Waals surface area contributed by atoms with Gasteiger partial charge in [-0.25, -0.2) is 0 Å². The van der Waals surface area contributed by atoms with Gasteiger partial charge in [-0.15, -0.1) is 0 Å². The van der Waals surface area contributed by atoms with E-state index in [1.165, 1.54) is 6.42 Å². The van der Waals surface area contributed by atoms with Crippen LogP contribution >= 0.6 is 0 Å². The van der Waals surface area contributed by atoms with Gasteiger partial charge in [-0.1, -0.05) is 6.92 Å². The lowest BCUT2D eigenvalue weighted by atomic mass is 10.0. The first-order valence-corrected chi connectivity index (χ1v) is 7.10. The molecule has 2 aliphatic heterocycles. The maximum absolute atomic E-state index is 12.5. The lowest BCUT2D eigenvalue weighted by Gasteiger charge is -2.39. The van der Waals surface area contributed by atoms with E-state index in [1.54, 1.807) is 0 Å². The highest BCUT2D eigenvalue weighted by molar-refractivity contribution is 5.81. The second kappa shape index (κ2) is 6.50. The number of ether oxygens (including phenoxy) is 1. The van der Waals surface area contributed by atoms with Gasteiger partial charge in [-0.2, -0.15) is 0 Å². The minimum atomic E-state index is -0.286. The number of likely N-dealkylation sites (tertiary alicyclic amines) is 1. The van der Waals surface area contributed by atoms with Gasteiger partial charge < -0.3 is 15.4 Å². The van der Waals surface area contributed by atoms with Crippen molar-refractivity contribution < 1.29 is 9.53 Å². The van der Waals surface area contributed by atoms with Crippen LogP contribution in [-0.2, 0) is 9.53 Å². The second-order valence-electron chi connectivity index (χ2n) is 5.17. The molecule has 0 unspecified atom stereocenters. The molecule has 2 rings (SSSR count). The molecule has 0 bridgehead atoms. The summed E-state index contributed by atoms with van der Waals surface area (Å²) in [4.78, 5) is 16.7. The maximum Gasteiger partial charge on any atom is 0.253 e. The lowest BCUT2D eigenvalue weighted by Crippen LogP contribution is -2.55. The fourth-order valence-electron chi connectivity index (χ4n) is 2.86. The van der Waals surface area contributed by atoms with Crippen molar-refractivity contribution in [2.75, 3.05) is 39.3 Å². The Morgan fingerprint density at radius 3 is 2.94 bits per heavy atom. The molecule has 2 saturated heterocycles. The first-order valence-electron chi connectivity index (χ1n) is 7.10. The van der Waals surface area contributed by atoms with Gasteiger partial charge in [-0.05, 0) is 25.8 Å². The monoisotopic (exact) mass is 255 g/mol. The molecule has 104 valence electrons. The summed E-state index contributed by atoms with van der Waals surface area (Å²) in [5, 5.41) is 0. The second-order valence-corrected chi connectivity index (χ2v) is 5.17. The SMILES string of the molecule is CCN1CCO[C@H](C(=O)N2CCCC[C@H]2CN)C1. The normalized spacial score (nSPS) is 30.4. The maximum atomic E-state index is 12.5. The number of hydrogen-bond donors (Lipinski definition) is 1. The number of morpholine rings is 1. The van der Waals surface area contributed by atoms with Crippen molar-refractivity contribution >= 4 is 5.91 Å². The van der Waals surface area contributed by atoms with E-state index >= 15 is 0 Å². The van der Waals surface area contributed by atoms with Crippen molar-refractivity contribution in [3.63, 3.8) is 0 Å². The van der Waals surface area contributed by atoms with Crippen molar-refractivity contribution in [3.8, 4) is 0 Å². The van der Waals surface area contributed by atoms with Crippen molar-refractivity contribution in [3.05, 3.63) is 0 Å². The van der Waals surface area contributed by atoms with Gasteiger partial charge in [0.25, 0.3) is 5.91 Å². The van der Waals surface area contributed by atoms with Crippen LogP contribution in [0.2, 0.25) is 0 Å². The molecule has 2 atom stereocenters. The van der Waals surface area contributed by atoms with Crippen LogP contribution in [0.5, 0.6) is 0 Å². The van der Waals surface area contributed by atoms with E-state index in [1.807, 2.05) is 4.90 Å². The molecule has 2 N–H and O–H groups in total. The smallest absolute Gasteiger partial charge is 0.253 e. The van der Waals surface area contributed by atoms with Crippen LogP contribution in [0, 0.1) is 0 Å². The largest absolute Gasteiger partial charge is 0.366 e. The van der Waals surface area contributed by atoms with Crippen molar-refractivity contribution in [1.82, 2.24) is 9.80 Å². The average Bonchev–Trinajstić information content (AvgIpc) is 2.46. The predicted octanol–water partition coefficient (Wildman–Crippen LogP) is 0.0469. The molecule has 0 saturated carbocycles. The molecule has 0 aromatic heterocycles. The van der Waals surface area contributed by atoms with E-state index < -0.39 is 0 Å². The molecule has 2 heterocycles. The summed E-state index contributed by atoms with van der Waals surface area (Å²) in [6.45, 7) is 6.82. The van der Waals surface area contributed by atoms with Crippen LogP contribution in [0.25, 0.3) is 0 Å². The number of piperidine rings is 1. The first-order chi connectivity index (χ1) is 8.76. The molecule has 0 aliphatic carbocycles. The lowest BCUT2D eigenvalue weighted by molar-refractivity contribution is -0.152. The third-order valence-electron chi connectivity index (χ3n) is 4.06. The molecule has 0 aromatic rings. The van der Waals surface area contributed by atoms with Gasteiger partial charge >= 0.3 is 0 Å². The Hall–Kier alpha value is -0.650. The van der Waals surface area contributed by atoms with Gasteiger partial charge in [0.05, 0.1) is 6.61 Å². The Balaban J connectivity index is 1.96. The third kappa shape index (κ3) is 3.02. The zero-order chi connectivity index (χ0) is 13.0. The number of likely N-dealkylation sites (N-methyl/N-ethyl adjacent to an activating group) is 1. The Labute approximate surface area is 109 Å². The number of nitrogens with zero attached hydrogens (tertiary/aromatic N) is 2. The zero-order valence-electron chi connectivity index (χ0n) is 11.3. The van der Waals surface area contributed by atoms with Gasteiger partial charge in [-0.3, -0.25) is 9.69 Å². The Bertz CT molecular complexity index is 285. The van der Waals surface area contributed by atoms with Gasteiger partial charge in [0.15, 0.2) is 0 Å². The summed E-state index contributed by atoms with van der Waals surface area (Å²) in [5.41, 5.74) is 5.77. The Kier molecular flexibility index (Phi) is 4.97. The highest BCUT2D eigenvalue weighted by Crippen LogP contribution is 2.19. The number of carbonyl (C=O) groups is 1. The van der Waals surface area contributed by atoms with Crippen molar-refractivity contribution in [2.24, 2.45) is 5.73 Å². The Morgan fingerprint density at radius 1 is 1.39 bits per heavy atom. The standard InChI is InChI=1S/C13H25N3O2/c1-2-15-7-8-18-12(10-15)13(17)16-6-4-3-5-11(16)9-14/h11-12H,2-10,14H2,1H3/t11-,12-/m0/s1. The van der Waals surface area contributed by atoms with Crippen molar-refractivity contribution in [1.29, 1.82) is 0 Å². The van der Waals surface area contributed by atoms with Crippen LogP contribution in [0.3, 0.4) is 0 Å². The fourth-order valence-corrected chi connectivity index (χ4v) is 2.86. The van der Waals surface area contributed by atoms with Crippen LogP contribution < -0.4 is 5.73 Å². The molecule has 0 aromatic carbocycles. The van der Waals surface area contributed by atoms with E-state index in [0.717, 1.165) is 39.0 Å². The van der Waals surface area contributed by atoms with E-state index in [4.69, 9.17) is 10.5 Å². The molecule has 2 fully saturated rings. The third-order valence-corrected chi connectivity index (χ3v) is 4.06. The number of hydrogen-bond acceptors (Lipinski definition) is 4. The van der Waals surface area contributed by atoms with E-state index in [2.05, 4.69) is 11.8 Å². The van der Waals surface area contributed by atoms with Crippen molar-refractivity contribution in [2.45, 2.75) is 38.3 Å². The van der Waals surface area contributed by atoms with E-state index in [-0.39, 0.29) is 18.1 Å².